The summed E-state index contributed by atoms with van der Waals surface area (Å²) in [5.41, 5.74) is 0. The van der Waals surface area contributed by atoms with Gasteiger partial charge >= 0.3 is 0 Å². The van der Waals surface area contributed by atoms with Crippen LogP contribution in [-0.4, -0.2) is 36.5 Å². The summed E-state index contributed by atoms with van der Waals surface area (Å²) in [5, 5.41) is 6.36. The Kier molecular flexibility index (Phi) is 10.1. The van der Waals surface area contributed by atoms with E-state index in [1.165, 1.54) is 19.3 Å². The predicted molar refractivity (Wildman–Crippen MR) is 78.1 cm³/mol. The maximum atomic E-state index is 11.5. The molecule has 0 aromatic rings. The monoisotopic (exact) mass is 280 g/mol. The molecule has 0 aromatic heterocycles. The highest BCUT2D eigenvalue weighted by Gasteiger charge is 2.14. The van der Waals surface area contributed by atoms with Crippen LogP contribution in [-0.2, 0) is 4.79 Å². The highest BCUT2D eigenvalue weighted by atomic mass is 35.5. The highest BCUT2D eigenvalue weighted by Crippen LogP contribution is 2.08. The molecule has 17 heavy (non-hydrogen) atoms. The van der Waals surface area contributed by atoms with Gasteiger partial charge in [0, 0.05) is 12.6 Å². The van der Waals surface area contributed by atoms with Gasteiger partial charge in [0.25, 0.3) is 0 Å². The lowest BCUT2D eigenvalue weighted by Gasteiger charge is -2.11. The molecule has 1 fully saturated rings. The first-order valence-corrected chi connectivity index (χ1v) is 7.41. The minimum atomic E-state index is 0. The van der Waals surface area contributed by atoms with Crippen molar-refractivity contribution in [3.63, 3.8) is 0 Å². The van der Waals surface area contributed by atoms with Gasteiger partial charge in [0.2, 0.25) is 5.91 Å². The Balaban J connectivity index is 0.00000256. The molecule has 0 aromatic carbocycles. The molecule has 0 aliphatic carbocycles. The van der Waals surface area contributed by atoms with Crippen LogP contribution in [0.3, 0.4) is 0 Å². The fourth-order valence-corrected chi connectivity index (χ4v) is 2.77. The van der Waals surface area contributed by atoms with E-state index in [9.17, 15) is 4.79 Å². The van der Waals surface area contributed by atoms with E-state index in [0.717, 1.165) is 24.8 Å². The Bertz CT molecular complexity index is 209. The lowest BCUT2D eigenvalue weighted by molar-refractivity contribution is -0.118. The summed E-state index contributed by atoms with van der Waals surface area (Å²) in [6.45, 7) is 6.33. The van der Waals surface area contributed by atoms with Gasteiger partial charge in [-0.1, -0.05) is 13.8 Å². The first-order chi connectivity index (χ1) is 7.68. The molecule has 1 amide bonds. The molecule has 1 atom stereocenters. The summed E-state index contributed by atoms with van der Waals surface area (Å²) in [6.07, 6.45) is 3.63. The van der Waals surface area contributed by atoms with Gasteiger partial charge in [-0.15, -0.1) is 12.4 Å². The van der Waals surface area contributed by atoms with Gasteiger partial charge in [0.1, 0.15) is 0 Å². The third-order valence-electron chi connectivity index (χ3n) is 2.78. The Hall–Kier alpha value is 0.0700. The Morgan fingerprint density at radius 3 is 2.88 bits per heavy atom. The van der Waals surface area contributed by atoms with E-state index >= 15 is 0 Å². The third-order valence-corrected chi connectivity index (χ3v) is 3.77. The fourth-order valence-electron chi connectivity index (χ4n) is 1.70. The highest BCUT2D eigenvalue weighted by molar-refractivity contribution is 7.99. The van der Waals surface area contributed by atoms with E-state index in [0.29, 0.717) is 11.8 Å². The molecule has 1 saturated heterocycles. The van der Waals surface area contributed by atoms with Crippen molar-refractivity contribution in [1.82, 2.24) is 10.6 Å². The summed E-state index contributed by atoms with van der Waals surface area (Å²) < 4.78 is 0. The van der Waals surface area contributed by atoms with Crippen LogP contribution in [0.15, 0.2) is 0 Å². The standard InChI is InChI=1S/C12H24N2OS.ClH/c1-10(2)5-7-16-9-12(15)14-8-11-4-3-6-13-11;/h10-11,13H,3-9H2,1-2H3,(H,14,15);1H. The largest absolute Gasteiger partial charge is 0.354 e. The normalized spacial score (nSPS) is 19.1. The Morgan fingerprint density at radius 2 is 2.29 bits per heavy atom. The summed E-state index contributed by atoms with van der Waals surface area (Å²) in [4.78, 5) is 11.5. The fraction of sp³-hybridized carbons (Fsp3) is 0.917. The number of hydrogen-bond acceptors (Lipinski definition) is 3. The second kappa shape index (κ2) is 10.0. The minimum absolute atomic E-state index is 0. The van der Waals surface area contributed by atoms with Gasteiger partial charge in [0.05, 0.1) is 5.75 Å². The summed E-state index contributed by atoms with van der Waals surface area (Å²) in [6, 6.07) is 0.504. The van der Waals surface area contributed by atoms with Crippen LogP contribution in [0.25, 0.3) is 0 Å². The topological polar surface area (TPSA) is 41.1 Å². The van der Waals surface area contributed by atoms with Crippen LogP contribution in [0.2, 0.25) is 0 Å². The second-order valence-corrected chi connectivity index (χ2v) is 5.94. The summed E-state index contributed by atoms with van der Waals surface area (Å²) >= 11 is 1.74. The van der Waals surface area contributed by atoms with Crippen molar-refractivity contribution in [2.75, 3.05) is 24.6 Å². The first kappa shape index (κ1) is 17.1. The number of carbonyl (C=O) groups excluding carboxylic acids is 1. The molecule has 0 saturated carbocycles. The van der Waals surface area contributed by atoms with Crippen molar-refractivity contribution in [3.8, 4) is 0 Å². The molecular formula is C12H25ClN2OS. The van der Waals surface area contributed by atoms with Crippen molar-refractivity contribution in [2.45, 2.75) is 39.2 Å². The van der Waals surface area contributed by atoms with Gasteiger partial charge in [0.15, 0.2) is 0 Å². The smallest absolute Gasteiger partial charge is 0.230 e. The maximum Gasteiger partial charge on any atom is 0.230 e. The van der Waals surface area contributed by atoms with Crippen LogP contribution in [0, 0.1) is 5.92 Å². The SMILES string of the molecule is CC(C)CCSCC(=O)NCC1CCCN1.Cl. The zero-order valence-corrected chi connectivity index (χ0v) is 12.5. The molecule has 1 rings (SSSR count). The van der Waals surface area contributed by atoms with E-state index in [1.807, 2.05) is 0 Å². The van der Waals surface area contributed by atoms with Gasteiger partial charge in [-0.2, -0.15) is 11.8 Å². The zero-order chi connectivity index (χ0) is 11.8. The number of carbonyl (C=O) groups is 1. The van der Waals surface area contributed by atoms with Crippen molar-refractivity contribution < 1.29 is 4.79 Å². The molecule has 1 heterocycles. The Morgan fingerprint density at radius 1 is 1.53 bits per heavy atom. The number of hydrogen-bond donors (Lipinski definition) is 2. The Labute approximate surface area is 115 Å². The molecule has 102 valence electrons. The van der Waals surface area contributed by atoms with Crippen molar-refractivity contribution >= 4 is 30.1 Å². The van der Waals surface area contributed by atoms with Crippen molar-refractivity contribution in [1.29, 1.82) is 0 Å². The second-order valence-electron chi connectivity index (χ2n) is 4.83. The predicted octanol–water partition coefficient (Wildman–Crippen LogP) is 2.06. The molecule has 0 spiro atoms. The molecule has 1 unspecified atom stereocenters. The van der Waals surface area contributed by atoms with Crippen molar-refractivity contribution in [3.05, 3.63) is 0 Å². The van der Waals surface area contributed by atoms with E-state index in [1.54, 1.807) is 11.8 Å². The quantitative estimate of drug-likeness (QED) is 0.702. The van der Waals surface area contributed by atoms with Gasteiger partial charge < -0.3 is 10.6 Å². The number of thioether (sulfide) groups is 1. The number of halogens is 1. The van der Waals surface area contributed by atoms with Crippen LogP contribution >= 0.6 is 24.2 Å². The molecule has 5 heteroatoms. The maximum absolute atomic E-state index is 11.5. The average Bonchev–Trinajstić information content (AvgIpc) is 2.74. The van der Waals surface area contributed by atoms with E-state index in [2.05, 4.69) is 24.5 Å². The molecule has 1 aliphatic heterocycles. The van der Waals surface area contributed by atoms with E-state index in [-0.39, 0.29) is 18.3 Å². The molecule has 0 radical (unpaired) electrons. The number of rotatable bonds is 7. The summed E-state index contributed by atoms with van der Waals surface area (Å²) in [5.74, 6) is 2.62. The first-order valence-electron chi connectivity index (χ1n) is 6.26. The van der Waals surface area contributed by atoms with Crippen LogP contribution < -0.4 is 10.6 Å². The van der Waals surface area contributed by atoms with Crippen LogP contribution in [0.4, 0.5) is 0 Å². The molecule has 0 bridgehead atoms. The van der Waals surface area contributed by atoms with E-state index in [4.69, 9.17) is 0 Å². The van der Waals surface area contributed by atoms with Crippen LogP contribution in [0.5, 0.6) is 0 Å². The van der Waals surface area contributed by atoms with Crippen LogP contribution in [0.1, 0.15) is 33.1 Å². The van der Waals surface area contributed by atoms with Crippen molar-refractivity contribution in [2.24, 2.45) is 5.92 Å². The van der Waals surface area contributed by atoms with Gasteiger partial charge in [-0.25, -0.2) is 0 Å². The molecule has 1 aliphatic rings. The van der Waals surface area contributed by atoms with Gasteiger partial charge in [-0.05, 0) is 37.5 Å². The molecular weight excluding hydrogens is 256 g/mol. The zero-order valence-electron chi connectivity index (χ0n) is 10.8. The lowest BCUT2D eigenvalue weighted by Crippen LogP contribution is -2.37. The molecule has 3 nitrogen and oxygen atoms in total. The molecule has 2 N–H and O–H groups in total. The third kappa shape index (κ3) is 8.75. The van der Waals surface area contributed by atoms with E-state index < -0.39 is 0 Å². The lowest BCUT2D eigenvalue weighted by atomic mass is 10.2. The summed E-state index contributed by atoms with van der Waals surface area (Å²) in [7, 11) is 0. The van der Waals surface area contributed by atoms with Gasteiger partial charge in [-0.3, -0.25) is 4.79 Å². The average molecular weight is 281 g/mol. The minimum Gasteiger partial charge on any atom is -0.354 e. The number of nitrogens with one attached hydrogen (secondary N) is 2. The number of amides is 1.